The monoisotopic (exact) mass is 218 g/mol. The number of ketones is 2. The van der Waals surface area contributed by atoms with Gasteiger partial charge in [-0.1, -0.05) is 0 Å². The van der Waals surface area contributed by atoms with E-state index in [9.17, 15) is 9.59 Å². The molecule has 0 fully saturated rings. The molecule has 16 heavy (non-hydrogen) atoms. The number of hydrogen-bond acceptors (Lipinski definition) is 3. The molecule has 1 heterocycles. The summed E-state index contributed by atoms with van der Waals surface area (Å²) in [7, 11) is 0. The van der Waals surface area contributed by atoms with E-state index in [1.807, 2.05) is 13.0 Å². The molecular formula is C13H14O3. The van der Waals surface area contributed by atoms with Gasteiger partial charge in [0.15, 0.2) is 11.6 Å². The number of furan rings is 1. The van der Waals surface area contributed by atoms with Crippen molar-refractivity contribution in [2.75, 3.05) is 0 Å². The largest absolute Gasteiger partial charge is 0.465 e. The molecule has 0 aliphatic heterocycles. The highest BCUT2D eigenvalue weighted by atomic mass is 16.3. The van der Waals surface area contributed by atoms with Crippen molar-refractivity contribution in [2.24, 2.45) is 0 Å². The number of aryl methyl sites for hydroxylation is 1. The van der Waals surface area contributed by atoms with E-state index in [1.54, 1.807) is 19.9 Å². The highest BCUT2D eigenvalue weighted by molar-refractivity contribution is 6.12. The molecular weight excluding hydrogens is 204 g/mol. The van der Waals surface area contributed by atoms with Crippen LogP contribution in [-0.4, -0.2) is 11.6 Å². The molecule has 0 saturated carbocycles. The van der Waals surface area contributed by atoms with Crippen LogP contribution in [0.3, 0.4) is 0 Å². The van der Waals surface area contributed by atoms with Gasteiger partial charge in [0.2, 0.25) is 0 Å². The minimum atomic E-state index is -0.829. The first-order valence-corrected chi connectivity index (χ1v) is 5.26. The molecule has 0 amide bonds. The van der Waals surface area contributed by atoms with E-state index < -0.39 is 5.41 Å². The lowest BCUT2D eigenvalue weighted by Crippen LogP contribution is -2.37. The third-order valence-corrected chi connectivity index (χ3v) is 3.13. The van der Waals surface area contributed by atoms with Crippen LogP contribution in [0.15, 0.2) is 28.2 Å². The lowest BCUT2D eigenvalue weighted by molar-refractivity contribution is -0.127. The topological polar surface area (TPSA) is 47.3 Å². The summed E-state index contributed by atoms with van der Waals surface area (Å²) in [5.41, 5.74) is -0.295. The van der Waals surface area contributed by atoms with Gasteiger partial charge in [0.25, 0.3) is 0 Å². The Morgan fingerprint density at radius 2 is 1.94 bits per heavy atom. The SMILES string of the molecule is CC1=CC(=O)C(C)(c2ccc(C)o2)CC1=O. The van der Waals surface area contributed by atoms with E-state index in [4.69, 9.17) is 4.42 Å². The molecule has 2 rings (SSSR count). The van der Waals surface area contributed by atoms with Crippen molar-refractivity contribution in [1.82, 2.24) is 0 Å². The van der Waals surface area contributed by atoms with Crippen molar-refractivity contribution < 1.29 is 14.0 Å². The van der Waals surface area contributed by atoms with Gasteiger partial charge in [0.1, 0.15) is 11.5 Å². The van der Waals surface area contributed by atoms with Gasteiger partial charge in [0, 0.05) is 6.42 Å². The molecule has 1 atom stereocenters. The lowest BCUT2D eigenvalue weighted by Gasteiger charge is -2.27. The fraction of sp³-hybridized carbons (Fsp3) is 0.385. The zero-order valence-corrected chi connectivity index (χ0v) is 9.66. The average Bonchev–Trinajstić information content (AvgIpc) is 2.62. The lowest BCUT2D eigenvalue weighted by atomic mass is 9.73. The van der Waals surface area contributed by atoms with Crippen LogP contribution < -0.4 is 0 Å². The smallest absolute Gasteiger partial charge is 0.169 e. The molecule has 1 unspecified atom stereocenters. The maximum atomic E-state index is 12.0. The maximum Gasteiger partial charge on any atom is 0.169 e. The summed E-state index contributed by atoms with van der Waals surface area (Å²) in [6.07, 6.45) is 1.62. The summed E-state index contributed by atoms with van der Waals surface area (Å²) < 4.78 is 5.48. The van der Waals surface area contributed by atoms with Crippen LogP contribution in [0.5, 0.6) is 0 Å². The summed E-state index contributed by atoms with van der Waals surface area (Å²) in [5.74, 6) is 1.28. The fourth-order valence-electron chi connectivity index (χ4n) is 1.92. The molecule has 0 saturated heterocycles. The number of hydrogen-bond donors (Lipinski definition) is 0. The Hall–Kier alpha value is -1.64. The molecule has 0 bridgehead atoms. The Labute approximate surface area is 94.1 Å². The number of carbonyl (C=O) groups excluding carboxylic acids is 2. The Bertz CT molecular complexity index is 493. The van der Waals surface area contributed by atoms with Crippen LogP contribution in [0, 0.1) is 6.92 Å². The van der Waals surface area contributed by atoms with Gasteiger partial charge in [-0.2, -0.15) is 0 Å². The van der Waals surface area contributed by atoms with Gasteiger partial charge in [-0.25, -0.2) is 0 Å². The molecule has 84 valence electrons. The molecule has 1 aliphatic carbocycles. The normalized spacial score (nSPS) is 25.8. The van der Waals surface area contributed by atoms with Gasteiger partial charge in [0.05, 0.1) is 5.41 Å². The van der Waals surface area contributed by atoms with E-state index in [2.05, 4.69) is 0 Å². The van der Waals surface area contributed by atoms with Crippen molar-refractivity contribution >= 4 is 11.6 Å². The van der Waals surface area contributed by atoms with E-state index >= 15 is 0 Å². The summed E-state index contributed by atoms with van der Waals surface area (Å²) in [6.45, 7) is 5.25. The first kappa shape index (κ1) is 10.9. The molecule has 3 heteroatoms. The van der Waals surface area contributed by atoms with Gasteiger partial charge in [-0.3, -0.25) is 9.59 Å². The molecule has 1 aromatic heterocycles. The number of rotatable bonds is 1. The number of allylic oxidation sites excluding steroid dienone is 2. The summed E-state index contributed by atoms with van der Waals surface area (Å²) >= 11 is 0. The van der Waals surface area contributed by atoms with Crippen molar-refractivity contribution in [3.05, 3.63) is 35.3 Å². The third kappa shape index (κ3) is 1.52. The highest BCUT2D eigenvalue weighted by Crippen LogP contribution is 2.35. The average molecular weight is 218 g/mol. The zero-order chi connectivity index (χ0) is 11.9. The van der Waals surface area contributed by atoms with Crippen molar-refractivity contribution in [1.29, 1.82) is 0 Å². The standard InChI is InChI=1S/C13H14O3/c1-8-6-11(15)13(3,7-10(8)14)12-5-4-9(2)16-12/h4-6H,7H2,1-3H3. The Morgan fingerprint density at radius 3 is 2.50 bits per heavy atom. The quantitative estimate of drug-likeness (QED) is 0.726. The Balaban J connectivity index is 2.47. The Kier molecular flexibility index (Phi) is 2.34. The summed E-state index contributed by atoms with van der Waals surface area (Å²) in [5, 5.41) is 0. The van der Waals surface area contributed by atoms with Gasteiger partial charge < -0.3 is 4.42 Å². The number of Topliss-reactive ketones (excluding diaryl/α,β-unsaturated/α-hetero) is 1. The number of carbonyl (C=O) groups is 2. The maximum absolute atomic E-state index is 12.0. The minimum Gasteiger partial charge on any atom is -0.465 e. The molecule has 3 nitrogen and oxygen atoms in total. The van der Waals surface area contributed by atoms with Crippen molar-refractivity contribution in [2.45, 2.75) is 32.6 Å². The highest BCUT2D eigenvalue weighted by Gasteiger charge is 2.42. The summed E-state index contributed by atoms with van der Waals surface area (Å²) in [6, 6.07) is 3.58. The van der Waals surface area contributed by atoms with E-state index in [0.29, 0.717) is 11.3 Å². The van der Waals surface area contributed by atoms with Crippen LogP contribution in [-0.2, 0) is 15.0 Å². The second-order valence-electron chi connectivity index (χ2n) is 4.53. The molecule has 1 aromatic rings. The second kappa shape index (κ2) is 3.44. The molecule has 0 aromatic carbocycles. The van der Waals surface area contributed by atoms with Crippen LogP contribution in [0.1, 0.15) is 31.8 Å². The van der Waals surface area contributed by atoms with Crippen LogP contribution in [0.25, 0.3) is 0 Å². The van der Waals surface area contributed by atoms with E-state index in [0.717, 1.165) is 5.76 Å². The van der Waals surface area contributed by atoms with Gasteiger partial charge in [-0.05, 0) is 44.6 Å². The predicted molar refractivity (Wildman–Crippen MR) is 59.2 cm³/mol. The van der Waals surface area contributed by atoms with E-state index in [-0.39, 0.29) is 18.0 Å². The second-order valence-corrected chi connectivity index (χ2v) is 4.53. The molecule has 0 radical (unpaired) electrons. The van der Waals surface area contributed by atoms with Gasteiger partial charge >= 0.3 is 0 Å². The first-order valence-electron chi connectivity index (χ1n) is 5.26. The fourth-order valence-corrected chi connectivity index (χ4v) is 1.92. The van der Waals surface area contributed by atoms with Crippen LogP contribution in [0.2, 0.25) is 0 Å². The summed E-state index contributed by atoms with van der Waals surface area (Å²) in [4.78, 5) is 23.7. The zero-order valence-electron chi connectivity index (χ0n) is 9.66. The van der Waals surface area contributed by atoms with Crippen molar-refractivity contribution in [3.8, 4) is 0 Å². The van der Waals surface area contributed by atoms with Crippen LogP contribution in [0.4, 0.5) is 0 Å². The molecule has 0 spiro atoms. The molecule has 0 N–H and O–H groups in total. The molecule has 1 aliphatic rings. The van der Waals surface area contributed by atoms with Crippen LogP contribution >= 0.6 is 0 Å². The first-order chi connectivity index (χ1) is 7.43. The third-order valence-electron chi connectivity index (χ3n) is 3.13. The predicted octanol–water partition coefficient (Wildman–Crippen LogP) is 2.33. The van der Waals surface area contributed by atoms with Gasteiger partial charge in [-0.15, -0.1) is 0 Å². The minimum absolute atomic E-state index is 0.0103. The van der Waals surface area contributed by atoms with E-state index in [1.165, 1.54) is 6.08 Å². The van der Waals surface area contributed by atoms with Crippen molar-refractivity contribution in [3.63, 3.8) is 0 Å². The Morgan fingerprint density at radius 1 is 1.25 bits per heavy atom.